The Bertz CT molecular complexity index is 1650. The third-order valence-electron chi connectivity index (χ3n) is 6.43. The van der Waals surface area contributed by atoms with Crippen LogP contribution in [0.15, 0.2) is 88.9 Å². The van der Waals surface area contributed by atoms with E-state index in [9.17, 15) is 4.79 Å². The predicted molar refractivity (Wildman–Crippen MR) is 157 cm³/mol. The number of nitrogens with zero attached hydrogens (tertiary/aromatic N) is 2. The van der Waals surface area contributed by atoms with E-state index in [1.54, 1.807) is 12.3 Å². The Labute approximate surface area is 230 Å². The molecule has 1 aromatic heterocycles. The van der Waals surface area contributed by atoms with Gasteiger partial charge in [0.2, 0.25) is 5.91 Å². The van der Waals surface area contributed by atoms with Crippen LogP contribution in [0.2, 0.25) is 10.0 Å². The minimum atomic E-state index is -0.153. The lowest BCUT2D eigenvalue weighted by Gasteiger charge is -2.12. The first-order valence-corrected chi connectivity index (χ1v) is 13.6. The highest BCUT2D eigenvalue weighted by atomic mass is 35.5. The second-order valence-electron chi connectivity index (χ2n) is 8.85. The highest BCUT2D eigenvalue weighted by Gasteiger charge is 2.16. The number of amides is 1. The van der Waals surface area contributed by atoms with Crippen molar-refractivity contribution in [1.29, 1.82) is 0 Å². The summed E-state index contributed by atoms with van der Waals surface area (Å²) in [5, 5.41) is 8.94. The van der Waals surface area contributed by atoms with Crippen molar-refractivity contribution in [2.24, 2.45) is 5.10 Å². The molecule has 5 rings (SSSR count). The molecule has 7 heteroatoms. The minimum Gasteiger partial charge on any atom is -0.340 e. The van der Waals surface area contributed by atoms with E-state index in [2.05, 4.69) is 59.3 Å². The van der Waals surface area contributed by atoms with E-state index in [-0.39, 0.29) is 11.7 Å². The van der Waals surface area contributed by atoms with Gasteiger partial charge in [0.1, 0.15) is 0 Å². The summed E-state index contributed by atoms with van der Waals surface area (Å²) in [4.78, 5) is 13.7. The maximum absolute atomic E-state index is 12.6. The minimum absolute atomic E-state index is 0.153. The Morgan fingerprint density at radius 1 is 0.973 bits per heavy atom. The normalized spacial score (nSPS) is 11.6. The lowest BCUT2D eigenvalue weighted by Crippen LogP contribution is -2.19. The standard InChI is InChI=1S/C30H25Cl2N3OS/c1-19-7-5-11-25-26(20(2)35(30(19)25)17-22-13-14-23(31)15-27(22)32)16-33-34-29(36)18-37-28-12-6-9-21-8-3-4-10-24(21)28/h3-16H,17-18H2,1-2H3,(H,34,36)/b33-16-. The van der Waals surface area contributed by atoms with Crippen molar-refractivity contribution in [3.8, 4) is 0 Å². The highest BCUT2D eigenvalue weighted by molar-refractivity contribution is 8.00. The highest BCUT2D eigenvalue weighted by Crippen LogP contribution is 2.31. The zero-order chi connectivity index (χ0) is 25.9. The fourth-order valence-corrected chi connectivity index (χ4v) is 5.92. The van der Waals surface area contributed by atoms with E-state index < -0.39 is 0 Å². The summed E-state index contributed by atoms with van der Waals surface area (Å²) in [5.41, 5.74) is 7.95. The van der Waals surface area contributed by atoms with Crippen LogP contribution < -0.4 is 5.43 Å². The predicted octanol–water partition coefficient (Wildman–Crippen LogP) is 8.01. The summed E-state index contributed by atoms with van der Waals surface area (Å²) in [6.07, 6.45) is 1.73. The van der Waals surface area contributed by atoms with Crippen molar-refractivity contribution in [3.63, 3.8) is 0 Å². The van der Waals surface area contributed by atoms with Crippen molar-refractivity contribution in [2.75, 3.05) is 5.75 Å². The van der Waals surface area contributed by atoms with E-state index in [4.69, 9.17) is 23.2 Å². The van der Waals surface area contributed by atoms with Gasteiger partial charge in [-0.3, -0.25) is 4.79 Å². The fraction of sp³-hybridized carbons (Fsp3) is 0.133. The Kier molecular flexibility index (Phi) is 7.56. The van der Waals surface area contributed by atoms with Gasteiger partial charge in [-0.25, -0.2) is 5.43 Å². The molecular formula is C30H25Cl2N3OS. The summed E-state index contributed by atoms with van der Waals surface area (Å²) in [6.45, 7) is 4.75. The van der Waals surface area contributed by atoms with Gasteiger partial charge in [-0.15, -0.1) is 11.8 Å². The van der Waals surface area contributed by atoms with Crippen LogP contribution in [0.4, 0.5) is 0 Å². The first-order chi connectivity index (χ1) is 17.9. The number of aromatic nitrogens is 1. The lowest BCUT2D eigenvalue weighted by molar-refractivity contribution is -0.118. The number of hydrogen-bond donors (Lipinski definition) is 1. The monoisotopic (exact) mass is 545 g/mol. The summed E-state index contributed by atoms with van der Waals surface area (Å²) in [5.74, 6) is 0.125. The molecule has 0 radical (unpaired) electrons. The van der Waals surface area contributed by atoms with Gasteiger partial charge in [0.05, 0.1) is 17.5 Å². The van der Waals surface area contributed by atoms with Crippen LogP contribution in [-0.2, 0) is 11.3 Å². The third kappa shape index (κ3) is 5.40. The van der Waals surface area contributed by atoms with Crippen LogP contribution in [0.5, 0.6) is 0 Å². The van der Waals surface area contributed by atoms with Crippen LogP contribution in [0.3, 0.4) is 0 Å². The van der Waals surface area contributed by atoms with Crippen LogP contribution in [0, 0.1) is 13.8 Å². The van der Waals surface area contributed by atoms with E-state index in [0.29, 0.717) is 16.6 Å². The maximum atomic E-state index is 12.6. The van der Waals surface area contributed by atoms with Crippen LogP contribution in [-0.4, -0.2) is 22.4 Å². The molecule has 0 aliphatic rings. The first-order valence-electron chi connectivity index (χ1n) is 11.9. The lowest BCUT2D eigenvalue weighted by atomic mass is 10.1. The average Bonchev–Trinajstić information content (AvgIpc) is 3.16. The number of para-hydroxylation sites is 1. The molecule has 0 unspecified atom stereocenters. The van der Waals surface area contributed by atoms with Crippen molar-refractivity contribution in [3.05, 3.63) is 111 Å². The van der Waals surface area contributed by atoms with Crippen LogP contribution in [0.1, 0.15) is 22.4 Å². The van der Waals surface area contributed by atoms with Crippen LogP contribution in [0.25, 0.3) is 21.7 Å². The molecule has 1 N–H and O–H groups in total. The molecule has 1 heterocycles. The molecule has 0 aliphatic carbocycles. The second-order valence-corrected chi connectivity index (χ2v) is 10.7. The Morgan fingerprint density at radius 3 is 2.57 bits per heavy atom. The molecule has 5 aromatic rings. The van der Waals surface area contributed by atoms with Crippen LogP contribution >= 0.6 is 35.0 Å². The molecule has 186 valence electrons. The number of aryl methyl sites for hydroxylation is 1. The Morgan fingerprint density at radius 2 is 1.73 bits per heavy atom. The van der Waals surface area contributed by atoms with Gasteiger partial charge in [-0.2, -0.15) is 5.10 Å². The number of halogens is 2. The van der Waals surface area contributed by atoms with Crippen molar-refractivity contribution < 1.29 is 4.79 Å². The Hall–Kier alpha value is -3.25. The van der Waals surface area contributed by atoms with Crippen molar-refractivity contribution in [1.82, 2.24) is 9.99 Å². The SMILES string of the molecule is Cc1cccc2c(/C=N\NC(=O)CSc3cccc4ccccc34)c(C)n(Cc3ccc(Cl)cc3Cl)c12. The molecule has 0 spiro atoms. The van der Waals surface area contributed by atoms with Gasteiger partial charge in [0, 0.05) is 38.1 Å². The van der Waals surface area contributed by atoms with Gasteiger partial charge in [0.15, 0.2) is 0 Å². The van der Waals surface area contributed by atoms with E-state index in [0.717, 1.165) is 49.0 Å². The molecule has 0 saturated carbocycles. The largest absolute Gasteiger partial charge is 0.340 e. The topological polar surface area (TPSA) is 46.4 Å². The molecule has 1 amide bonds. The van der Waals surface area contributed by atoms with E-state index in [1.165, 1.54) is 11.8 Å². The van der Waals surface area contributed by atoms with Crippen molar-refractivity contribution >= 4 is 68.8 Å². The number of thioether (sulfide) groups is 1. The quantitative estimate of drug-likeness (QED) is 0.128. The number of benzene rings is 4. The third-order valence-corrected chi connectivity index (χ3v) is 8.09. The van der Waals surface area contributed by atoms with Gasteiger partial charge < -0.3 is 4.57 Å². The summed E-state index contributed by atoms with van der Waals surface area (Å²) >= 11 is 14.1. The zero-order valence-corrected chi connectivity index (χ0v) is 22.8. The summed E-state index contributed by atoms with van der Waals surface area (Å²) in [7, 11) is 0. The number of carbonyl (C=O) groups is 1. The molecule has 0 aliphatic heterocycles. The Balaban J connectivity index is 1.35. The van der Waals surface area contributed by atoms with Gasteiger partial charge in [-0.05, 0) is 53.9 Å². The molecule has 4 nitrogen and oxygen atoms in total. The molecule has 37 heavy (non-hydrogen) atoms. The molecule has 0 fully saturated rings. The number of carbonyl (C=O) groups excluding carboxylic acids is 1. The second kappa shape index (κ2) is 11.0. The summed E-state index contributed by atoms with van der Waals surface area (Å²) < 4.78 is 2.24. The number of hydrogen-bond acceptors (Lipinski definition) is 3. The molecule has 0 saturated heterocycles. The maximum Gasteiger partial charge on any atom is 0.250 e. The number of rotatable bonds is 7. The first kappa shape index (κ1) is 25.4. The smallest absolute Gasteiger partial charge is 0.250 e. The number of hydrazone groups is 1. The zero-order valence-electron chi connectivity index (χ0n) is 20.5. The van der Waals surface area contributed by atoms with Gasteiger partial charge in [0.25, 0.3) is 0 Å². The molecule has 0 bridgehead atoms. The number of fused-ring (bicyclic) bond motifs is 2. The van der Waals surface area contributed by atoms with Crippen molar-refractivity contribution in [2.45, 2.75) is 25.3 Å². The summed E-state index contributed by atoms with van der Waals surface area (Å²) in [6, 6.07) is 26.1. The molecular weight excluding hydrogens is 521 g/mol. The number of nitrogens with one attached hydrogen (secondary N) is 1. The van der Waals surface area contributed by atoms with Gasteiger partial charge in [-0.1, -0.05) is 83.9 Å². The fourth-order valence-electron chi connectivity index (χ4n) is 4.59. The van der Waals surface area contributed by atoms with E-state index in [1.807, 2.05) is 42.5 Å². The van der Waals surface area contributed by atoms with Gasteiger partial charge >= 0.3 is 0 Å². The average molecular weight is 547 g/mol. The molecule has 0 atom stereocenters. The molecule has 4 aromatic carbocycles. The van der Waals surface area contributed by atoms with E-state index >= 15 is 0 Å².